The molecule has 0 radical (unpaired) electrons. The van der Waals surface area contributed by atoms with E-state index in [1.165, 1.54) is 12.1 Å². The number of rotatable bonds is 5. The molecule has 23 heavy (non-hydrogen) atoms. The molecule has 130 valence electrons. The van der Waals surface area contributed by atoms with Gasteiger partial charge in [0.25, 0.3) is 5.91 Å². The molecular weight excluding hydrogens is 338 g/mol. The zero-order chi connectivity index (χ0) is 16.3. The van der Waals surface area contributed by atoms with Gasteiger partial charge in [0, 0.05) is 31.2 Å². The Balaban J connectivity index is 0.00000264. The number of nitrogens with zero attached hydrogens (tertiary/aromatic N) is 1. The topological polar surface area (TPSA) is 78.5 Å². The Bertz CT molecular complexity index is 643. The van der Waals surface area contributed by atoms with E-state index in [1.54, 1.807) is 37.9 Å². The van der Waals surface area contributed by atoms with Gasteiger partial charge in [-0.3, -0.25) is 4.79 Å². The maximum atomic E-state index is 12.5. The minimum Gasteiger partial charge on any atom is -0.337 e. The molecule has 2 rings (SSSR count). The molecule has 1 aromatic carbocycles. The molecule has 0 spiro atoms. The lowest BCUT2D eigenvalue weighted by Crippen LogP contribution is -2.38. The molecule has 1 unspecified atom stereocenters. The van der Waals surface area contributed by atoms with E-state index in [9.17, 15) is 13.2 Å². The minimum atomic E-state index is -3.59. The van der Waals surface area contributed by atoms with E-state index >= 15 is 0 Å². The van der Waals surface area contributed by atoms with E-state index in [1.807, 2.05) is 0 Å². The molecule has 0 saturated carbocycles. The second kappa shape index (κ2) is 8.10. The number of sulfonamides is 1. The number of carbonyl (C=O) groups is 1. The van der Waals surface area contributed by atoms with E-state index < -0.39 is 10.0 Å². The Labute approximate surface area is 144 Å². The average molecular weight is 362 g/mol. The number of amides is 1. The molecule has 1 aromatic rings. The lowest BCUT2D eigenvalue weighted by molar-refractivity contribution is 0.0743. The first-order chi connectivity index (χ1) is 10.3. The smallest absolute Gasteiger partial charge is 0.253 e. The molecular formula is C15H24ClN3O3S. The number of carbonyl (C=O) groups excluding carboxylic acids is 1. The lowest BCUT2D eigenvalue weighted by Gasteiger charge is -2.24. The molecule has 1 aliphatic heterocycles. The van der Waals surface area contributed by atoms with Crippen LogP contribution >= 0.6 is 12.4 Å². The highest BCUT2D eigenvalue weighted by atomic mass is 35.5. The van der Waals surface area contributed by atoms with Gasteiger partial charge in [0.2, 0.25) is 10.0 Å². The third-order valence-electron chi connectivity index (χ3n) is 3.68. The fourth-order valence-electron chi connectivity index (χ4n) is 2.51. The zero-order valence-electron chi connectivity index (χ0n) is 13.6. The number of hydrogen-bond donors (Lipinski definition) is 2. The number of nitrogens with one attached hydrogen (secondary N) is 2. The Morgan fingerprint density at radius 3 is 2.65 bits per heavy atom. The third-order valence-corrected chi connectivity index (χ3v) is 5.34. The van der Waals surface area contributed by atoms with Gasteiger partial charge in [-0.05, 0) is 45.0 Å². The van der Waals surface area contributed by atoms with Gasteiger partial charge in [-0.15, -0.1) is 12.4 Å². The van der Waals surface area contributed by atoms with Gasteiger partial charge in [0.05, 0.1) is 4.90 Å². The van der Waals surface area contributed by atoms with Crippen LogP contribution in [0.15, 0.2) is 29.2 Å². The van der Waals surface area contributed by atoms with Gasteiger partial charge in [-0.1, -0.05) is 6.07 Å². The summed E-state index contributed by atoms with van der Waals surface area (Å²) in [6, 6.07) is 6.14. The summed E-state index contributed by atoms with van der Waals surface area (Å²) in [7, 11) is -1.84. The SMILES string of the molecule is CC(C)NS(=O)(=O)c1cccc(C(=O)N(C)C2CCNC2)c1.Cl. The van der Waals surface area contributed by atoms with Crippen molar-refractivity contribution in [3.63, 3.8) is 0 Å². The molecule has 0 bridgehead atoms. The summed E-state index contributed by atoms with van der Waals surface area (Å²) >= 11 is 0. The van der Waals surface area contributed by atoms with Crippen molar-refractivity contribution >= 4 is 28.3 Å². The molecule has 0 aromatic heterocycles. The average Bonchev–Trinajstić information content (AvgIpc) is 2.98. The van der Waals surface area contributed by atoms with Crippen molar-refractivity contribution in [2.75, 3.05) is 20.1 Å². The normalized spacial score (nSPS) is 17.8. The molecule has 1 amide bonds. The predicted molar refractivity (Wildman–Crippen MR) is 92.5 cm³/mol. The summed E-state index contributed by atoms with van der Waals surface area (Å²) in [5, 5.41) is 3.22. The van der Waals surface area contributed by atoms with Crippen LogP contribution in [-0.4, -0.2) is 51.4 Å². The largest absolute Gasteiger partial charge is 0.337 e. The fraction of sp³-hybridized carbons (Fsp3) is 0.533. The first-order valence-electron chi connectivity index (χ1n) is 7.41. The Kier molecular flexibility index (Phi) is 7.01. The summed E-state index contributed by atoms with van der Waals surface area (Å²) < 4.78 is 26.9. The van der Waals surface area contributed by atoms with E-state index in [4.69, 9.17) is 0 Å². The molecule has 1 saturated heterocycles. The van der Waals surface area contributed by atoms with Crippen molar-refractivity contribution in [1.29, 1.82) is 0 Å². The van der Waals surface area contributed by atoms with Crippen LogP contribution in [0.5, 0.6) is 0 Å². The summed E-state index contributed by atoms with van der Waals surface area (Å²) in [4.78, 5) is 14.3. The van der Waals surface area contributed by atoms with Crippen LogP contribution in [0.25, 0.3) is 0 Å². The zero-order valence-corrected chi connectivity index (χ0v) is 15.2. The molecule has 6 nitrogen and oxygen atoms in total. The standard InChI is InChI=1S/C15H23N3O3S.ClH/c1-11(2)17-22(20,21)14-6-4-5-12(9-14)15(19)18(3)13-7-8-16-10-13;/h4-6,9,11,13,16-17H,7-8,10H2,1-3H3;1H. The second-order valence-electron chi connectivity index (χ2n) is 5.87. The summed E-state index contributed by atoms with van der Waals surface area (Å²) in [5.41, 5.74) is 0.390. The Hall–Kier alpha value is -1.15. The first kappa shape index (κ1) is 19.9. The Morgan fingerprint density at radius 2 is 2.09 bits per heavy atom. The summed E-state index contributed by atoms with van der Waals surface area (Å²) in [6.45, 7) is 5.19. The maximum absolute atomic E-state index is 12.5. The van der Waals surface area contributed by atoms with E-state index in [2.05, 4.69) is 10.0 Å². The van der Waals surface area contributed by atoms with Crippen LogP contribution in [0.4, 0.5) is 0 Å². The molecule has 1 aliphatic rings. The van der Waals surface area contributed by atoms with Gasteiger partial charge in [-0.25, -0.2) is 13.1 Å². The molecule has 2 N–H and O–H groups in total. The van der Waals surface area contributed by atoms with Crippen LogP contribution < -0.4 is 10.0 Å². The molecule has 1 heterocycles. The van der Waals surface area contributed by atoms with Crippen LogP contribution in [-0.2, 0) is 10.0 Å². The van der Waals surface area contributed by atoms with Crippen LogP contribution in [0.2, 0.25) is 0 Å². The Morgan fingerprint density at radius 1 is 1.39 bits per heavy atom. The predicted octanol–water partition coefficient (Wildman–Crippen LogP) is 1.23. The van der Waals surface area contributed by atoms with Crippen LogP contribution in [0.3, 0.4) is 0 Å². The van der Waals surface area contributed by atoms with Gasteiger partial charge in [-0.2, -0.15) is 0 Å². The van der Waals surface area contributed by atoms with Crippen molar-refractivity contribution in [2.45, 2.75) is 37.2 Å². The van der Waals surface area contributed by atoms with Crippen molar-refractivity contribution in [2.24, 2.45) is 0 Å². The van der Waals surface area contributed by atoms with Crippen molar-refractivity contribution < 1.29 is 13.2 Å². The van der Waals surface area contributed by atoms with E-state index in [0.29, 0.717) is 5.56 Å². The number of likely N-dealkylation sites (N-methyl/N-ethyl adjacent to an activating group) is 1. The highest BCUT2D eigenvalue weighted by Crippen LogP contribution is 2.16. The summed E-state index contributed by atoms with van der Waals surface area (Å²) in [6.07, 6.45) is 0.912. The number of halogens is 1. The number of benzene rings is 1. The lowest BCUT2D eigenvalue weighted by atomic mass is 10.1. The second-order valence-corrected chi connectivity index (χ2v) is 7.58. The van der Waals surface area contributed by atoms with E-state index in [-0.39, 0.29) is 35.3 Å². The first-order valence-corrected chi connectivity index (χ1v) is 8.90. The minimum absolute atomic E-state index is 0. The highest BCUT2D eigenvalue weighted by Gasteiger charge is 2.25. The van der Waals surface area contributed by atoms with Gasteiger partial charge >= 0.3 is 0 Å². The molecule has 8 heteroatoms. The van der Waals surface area contributed by atoms with Gasteiger partial charge < -0.3 is 10.2 Å². The third kappa shape index (κ3) is 4.91. The van der Waals surface area contributed by atoms with Crippen LogP contribution in [0, 0.1) is 0 Å². The van der Waals surface area contributed by atoms with Crippen molar-refractivity contribution in [3.05, 3.63) is 29.8 Å². The van der Waals surface area contributed by atoms with Gasteiger partial charge in [0.1, 0.15) is 0 Å². The quantitative estimate of drug-likeness (QED) is 0.826. The monoisotopic (exact) mass is 361 g/mol. The maximum Gasteiger partial charge on any atom is 0.253 e. The summed E-state index contributed by atoms with van der Waals surface area (Å²) in [5.74, 6) is -0.157. The highest BCUT2D eigenvalue weighted by molar-refractivity contribution is 7.89. The molecule has 0 aliphatic carbocycles. The molecule has 1 fully saturated rings. The van der Waals surface area contributed by atoms with Crippen LogP contribution in [0.1, 0.15) is 30.6 Å². The fourth-order valence-corrected chi connectivity index (χ4v) is 3.81. The molecule has 1 atom stereocenters. The van der Waals surface area contributed by atoms with Gasteiger partial charge in [0.15, 0.2) is 0 Å². The van der Waals surface area contributed by atoms with Crippen molar-refractivity contribution in [1.82, 2.24) is 14.9 Å². The van der Waals surface area contributed by atoms with E-state index in [0.717, 1.165) is 19.5 Å². The number of hydrogen-bond acceptors (Lipinski definition) is 4. The van der Waals surface area contributed by atoms with Crippen molar-refractivity contribution in [3.8, 4) is 0 Å².